The van der Waals surface area contributed by atoms with Crippen molar-refractivity contribution in [2.45, 2.75) is 76.0 Å². The molecular formula is C24H27NO6. The molecule has 164 valence electrons. The van der Waals surface area contributed by atoms with Crippen molar-refractivity contribution in [1.29, 1.82) is 0 Å². The summed E-state index contributed by atoms with van der Waals surface area (Å²) in [6, 6.07) is 7.77. The Morgan fingerprint density at radius 1 is 1.23 bits per heavy atom. The highest BCUT2D eigenvalue weighted by atomic mass is 16.7. The molecule has 2 spiro atoms. The summed E-state index contributed by atoms with van der Waals surface area (Å²) in [5.41, 5.74) is 2.55. The maximum atomic E-state index is 12.4. The third kappa shape index (κ3) is 2.49. The number of carbonyl (C=O) groups is 1. The third-order valence-electron chi connectivity index (χ3n) is 8.04. The molecule has 1 aromatic rings. The van der Waals surface area contributed by atoms with E-state index in [9.17, 15) is 9.90 Å². The lowest BCUT2D eigenvalue weighted by Crippen LogP contribution is -2.64. The smallest absolute Gasteiger partial charge is 0.208 e. The number of benzene rings is 1. The molecule has 3 heterocycles. The Morgan fingerprint density at radius 2 is 1.87 bits per heavy atom. The minimum atomic E-state index is -0.823. The number of ether oxygens (including phenoxy) is 3. The summed E-state index contributed by atoms with van der Waals surface area (Å²) in [7, 11) is 0. The van der Waals surface area contributed by atoms with Crippen LogP contribution < -0.4 is 0 Å². The second kappa shape index (κ2) is 6.48. The zero-order valence-electron chi connectivity index (χ0n) is 17.7. The van der Waals surface area contributed by atoms with Gasteiger partial charge in [-0.3, -0.25) is 4.79 Å². The van der Waals surface area contributed by atoms with Gasteiger partial charge in [-0.15, -0.1) is 0 Å². The predicted molar refractivity (Wildman–Crippen MR) is 110 cm³/mol. The molecule has 0 aromatic heterocycles. The van der Waals surface area contributed by atoms with Crippen LogP contribution >= 0.6 is 0 Å². The Balaban J connectivity index is 1.35. The summed E-state index contributed by atoms with van der Waals surface area (Å²) in [5.74, 6) is 0.289. The first-order valence-corrected chi connectivity index (χ1v) is 11.0. The van der Waals surface area contributed by atoms with E-state index in [1.165, 1.54) is 0 Å². The number of carbonyl (C=O) groups excluding carboxylic acids is 1. The molecule has 7 heteroatoms. The number of rotatable bonds is 5. The second-order valence-electron chi connectivity index (χ2n) is 9.65. The molecule has 31 heavy (non-hydrogen) atoms. The number of nitrogens with zero attached hydrogens (tertiary/aromatic N) is 1. The minimum absolute atomic E-state index is 0.0204. The average Bonchev–Trinajstić information content (AvgIpc) is 3.68. The molecule has 5 aliphatic rings. The normalized spacial score (nSPS) is 44.1. The number of allylic oxidation sites excluding steroid dienone is 1. The molecule has 0 amide bonds. The van der Waals surface area contributed by atoms with E-state index in [0.717, 1.165) is 35.3 Å². The first-order valence-electron chi connectivity index (χ1n) is 11.0. The monoisotopic (exact) mass is 425 g/mol. The fourth-order valence-electron chi connectivity index (χ4n) is 6.21. The van der Waals surface area contributed by atoms with Crippen molar-refractivity contribution in [3.8, 4) is 0 Å². The van der Waals surface area contributed by atoms with E-state index in [2.05, 4.69) is 18.7 Å². The fraction of sp³-hybridized carbons (Fsp3) is 0.583. The molecule has 7 nitrogen and oxygen atoms in total. The summed E-state index contributed by atoms with van der Waals surface area (Å²) in [5, 5.41) is 13.7. The molecule has 2 saturated carbocycles. The zero-order chi connectivity index (χ0) is 21.5. The van der Waals surface area contributed by atoms with Crippen molar-refractivity contribution >= 4 is 11.5 Å². The molecule has 7 atom stereocenters. The number of hydrogen-bond donors (Lipinski definition) is 1. The SMILES string of the molecule is C=C(C)[C@H]1C[C@@H](OCc2ccc(CO)cc2)[C@]2(C1)C(C)=NOC21C2OC2C(=O)C2OC21. The fourth-order valence-corrected chi connectivity index (χ4v) is 6.21. The van der Waals surface area contributed by atoms with Crippen LogP contribution in [-0.2, 0) is 37.1 Å². The van der Waals surface area contributed by atoms with Gasteiger partial charge in [-0.1, -0.05) is 41.6 Å². The number of ketones is 1. The van der Waals surface area contributed by atoms with E-state index < -0.39 is 23.2 Å². The lowest BCUT2D eigenvalue weighted by Gasteiger charge is -2.44. The summed E-state index contributed by atoms with van der Waals surface area (Å²) in [6.45, 7) is 8.72. The number of Topliss-reactive ketones (excluding diaryl/α,β-unsaturated/α-hetero) is 1. The largest absolute Gasteiger partial charge is 0.392 e. The second-order valence-corrected chi connectivity index (χ2v) is 9.65. The predicted octanol–water partition coefficient (Wildman–Crippen LogP) is 2.30. The molecule has 1 aromatic carbocycles. The van der Waals surface area contributed by atoms with E-state index in [0.29, 0.717) is 6.61 Å². The van der Waals surface area contributed by atoms with E-state index in [4.69, 9.17) is 19.0 Å². The van der Waals surface area contributed by atoms with Gasteiger partial charge in [0.2, 0.25) is 5.60 Å². The van der Waals surface area contributed by atoms with Crippen LogP contribution in [0.2, 0.25) is 0 Å². The number of aliphatic hydroxyl groups is 1. The molecule has 2 saturated heterocycles. The highest BCUT2D eigenvalue weighted by Gasteiger charge is 2.87. The van der Waals surface area contributed by atoms with Crippen LogP contribution in [0, 0.1) is 11.3 Å². The molecule has 2 aliphatic carbocycles. The standard InChI is InChI=1S/C24H27NO6/c1-12(2)16-8-17(28-11-15-6-4-14(10-26)5-7-15)23(9-16)13(3)25-31-24(23)21-19(29-21)18(27)20-22(24)30-20/h4-7,16-17,19-22,26H,1,8-11H2,2-3H3/t16-,17+,19?,20?,21?,22?,23-,24?/m0/s1. The summed E-state index contributed by atoms with van der Waals surface area (Å²) < 4.78 is 18.3. The van der Waals surface area contributed by atoms with Crippen molar-refractivity contribution in [3.63, 3.8) is 0 Å². The van der Waals surface area contributed by atoms with Gasteiger partial charge in [-0.05, 0) is 43.7 Å². The van der Waals surface area contributed by atoms with Crippen LogP contribution in [0.4, 0.5) is 0 Å². The van der Waals surface area contributed by atoms with Crippen LogP contribution in [0.3, 0.4) is 0 Å². The van der Waals surface area contributed by atoms with Crippen LogP contribution in [0.1, 0.15) is 37.8 Å². The molecule has 4 fully saturated rings. The first-order chi connectivity index (χ1) is 14.9. The Labute approximate surface area is 181 Å². The molecule has 6 rings (SSSR count). The number of aliphatic hydroxyl groups excluding tert-OH is 1. The van der Waals surface area contributed by atoms with Gasteiger partial charge in [0.15, 0.2) is 5.78 Å². The van der Waals surface area contributed by atoms with Gasteiger partial charge in [0.1, 0.15) is 24.4 Å². The first kappa shape index (κ1) is 19.6. The van der Waals surface area contributed by atoms with E-state index in [1.807, 2.05) is 31.2 Å². The maximum absolute atomic E-state index is 12.4. The number of fused-ring (bicyclic) bond motifs is 5. The van der Waals surface area contributed by atoms with Gasteiger partial charge in [-0.25, -0.2) is 0 Å². The Kier molecular flexibility index (Phi) is 4.10. The van der Waals surface area contributed by atoms with Gasteiger partial charge < -0.3 is 24.2 Å². The van der Waals surface area contributed by atoms with Crippen LogP contribution in [0.5, 0.6) is 0 Å². The zero-order valence-corrected chi connectivity index (χ0v) is 17.7. The van der Waals surface area contributed by atoms with Crippen LogP contribution in [-0.4, -0.2) is 52.7 Å². The molecule has 3 aliphatic heterocycles. The van der Waals surface area contributed by atoms with E-state index >= 15 is 0 Å². The van der Waals surface area contributed by atoms with Gasteiger partial charge in [0, 0.05) is 0 Å². The van der Waals surface area contributed by atoms with Crippen molar-refractivity contribution in [2.75, 3.05) is 0 Å². The highest BCUT2D eigenvalue weighted by molar-refractivity contribution is 5.98. The maximum Gasteiger partial charge on any atom is 0.208 e. The van der Waals surface area contributed by atoms with Crippen LogP contribution in [0.15, 0.2) is 41.6 Å². The van der Waals surface area contributed by atoms with Gasteiger partial charge in [0.25, 0.3) is 0 Å². The molecule has 0 bridgehead atoms. The molecule has 0 radical (unpaired) electrons. The lowest BCUT2D eigenvalue weighted by atomic mass is 9.60. The van der Waals surface area contributed by atoms with Gasteiger partial charge >= 0.3 is 0 Å². The highest BCUT2D eigenvalue weighted by Crippen LogP contribution is 2.68. The third-order valence-corrected chi connectivity index (χ3v) is 8.04. The van der Waals surface area contributed by atoms with Crippen molar-refractivity contribution < 1.29 is 28.9 Å². The topological polar surface area (TPSA) is 93.2 Å². The van der Waals surface area contributed by atoms with E-state index in [-0.39, 0.29) is 36.6 Å². The van der Waals surface area contributed by atoms with Gasteiger partial charge in [0.05, 0.1) is 30.4 Å². The summed E-state index contributed by atoms with van der Waals surface area (Å²) >= 11 is 0. The van der Waals surface area contributed by atoms with Crippen LogP contribution in [0.25, 0.3) is 0 Å². The number of oxime groups is 1. The number of epoxide rings is 2. The van der Waals surface area contributed by atoms with Gasteiger partial charge in [-0.2, -0.15) is 0 Å². The van der Waals surface area contributed by atoms with Crippen molar-refractivity contribution in [1.82, 2.24) is 0 Å². The Hall–Kier alpha value is -2.06. The Bertz CT molecular complexity index is 966. The lowest BCUT2D eigenvalue weighted by molar-refractivity contribution is -0.155. The molecule has 1 N–H and O–H groups in total. The van der Waals surface area contributed by atoms with Crippen molar-refractivity contribution in [2.24, 2.45) is 16.5 Å². The average molecular weight is 425 g/mol. The van der Waals surface area contributed by atoms with E-state index in [1.54, 1.807) is 0 Å². The minimum Gasteiger partial charge on any atom is -0.392 e. The summed E-state index contributed by atoms with van der Waals surface area (Å²) in [4.78, 5) is 18.6. The van der Waals surface area contributed by atoms with Crippen molar-refractivity contribution in [3.05, 3.63) is 47.5 Å². The molecule has 4 unspecified atom stereocenters. The quantitative estimate of drug-likeness (QED) is 0.575. The molecular weight excluding hydrogens is 398 g/mol. The Morgan fingerprint density at radius 3 is 2.48 bits per heavy atom. The number of hydrogen-bond acceptors (Lipinski definition) is 7. The summed E-state index contributed by atoms with van der Waals surface area (Å²) in [6.07, 6.45) is -0.174.